The number of ether oxygens (including phenoxy) is 1. The van der Waals surface area contributed by atoms with Crippen molar-refractivity contribution in [1.29, 1.82) is 0 Å². The van der Waals surface area contributed by atoms with E-state index in [4.69, 9.17) is 10.5 Å². The summed E-state index contributed by atoms with van der Waals surface area (Å²) in [6.45, 7) is 2.45. The Balaban J connectivity index is 1.88. The Bertz CT molecular complexity index is 551. The van der Waals surface area contributed by atoms with Gasteiger partial charge in [-0.05, 0) is 35.0 Å². The van der Waals surface area contributed by atoms with Crippen LogP contribution in [0.2, 0.25) is 0 Å². The summed E-state index contributed by atoms with van der Waals surface area (Å²) in [6, 6.07) is 7.73. The normalized spacial score (nSPS) is 11.9. The van der Waals surface area contributed by atoms with Crippen LogP contribution >= 0.6 is 15.9 Å². The van der Waals surface area contributed by atoms with E-state index >= 15 is 0 Å². The largest absolute Gasteiger partial charge is 0.490 e. The van der Waals surface area contributed by atoms with Crippen LogP contribution in [0, 0.1) is 0 Å². The van der Waals surface area contributed by atoms with Crippen LogP contribution in [0.15, 0.2) is 35.1 Å². The van der Waals surface area contributed by atoms with Gasteiger partial charge < -0.3 is 15.8 Å². The van der Waals surface area contributed by atoms with Gasteiger partial charge in [-0.3, -0.25) is 0 Å². The molecule has 19 heavy (non-hydrogen) atoms. The number of halogens is 1. The predicted molar refractivity (Wildman–Crippen MR) is 77.0 cm³/mol. The van der Waals surface area contributed by atoms with Crippen molar-refractivity contribution >= 4 is 27.8 Å². The molecule has 0 bridgehead atoms. The summed E-state index contributed by atoms with van der Waals surface area (Å²) < 4.78 is 6.61. The molecule has 0 fully saturated rings. The van der Waals surface area contributed by atoms with E-state index in [9.17, 15) is 0 Å². The fourth-order valence-electron chi connectivity index (χ4n) is 1.42. The average Bonchev–Trinajstić information content (AvgIpc) is 2.38. The van der Waals surface area contributed by atoms with E-state index in [0.29, 0.717) is 12.6 Å². The van der Waals surface area contributed by atoms with Crippen molar-refractivity contribution in [3.8, 4) is 5.75 Å². The van der Waals surface area contributed by atoms with Crippen LogP contribution < -0.4 is 15.8 Å². The lowest BCUT2D eigenvalue weighted by Gasteiger charge is -2.15. The van der Waals surface area contributed by atoms with Crippen LogP contribution in [0.3, 0.4) is 0 Å². The number of anilines is 2. The molecular formula is C12H14BrN5O. The molecule has 1 unspecified atom stereocenters. The van der Waals surface area contributed by atoms with Crippen molar-refractivity contribution < 1.29 is 4.74 Å². The lowest BCUT2D eigenvalue weighted by atomic mass is 10.3. The van der Waals surface area contributed by atoms with Crippen molar-refractivity contribution in [3.63, 3.8) is 0 Å². The number of nitrogens with zero attached hydrogens (tertiary/aromatic N) is 3. The van der Waals surface area contributed by atoms with Gasteiger partial charge in [-0.2, -0.15) is 4.98 Å². The van der Waals surface area contributed by atoms with Gasteiger partial charge in [0.2, 0.25) is 11.9 Å². The minimum absolute atomic E-state index is 0.0360. The maximum absolute atomic E-state index is 5.69. The molecule has 2 aromatic rings. The minimum Gasteiger partial charge on any atom is -0.490 e. The van der Waals surface area contributed by atoms with Gasteiger partial charge in [0.1, 0.15) is 18.7 Å². The summed E-state index contributed by atoms with van der Waals surface area (Å²) in [6.07, 6.45) is 1.37. The van der Waals surface area contributed by atoms with Crippen molar-refractivity contribution in [3.05, 3.63) is 35.1 Å². The van der Waals surface area contributed by atoms with Gasteiger partial charge in [0.15, 0.2) is 0 Å². The third-order valence-corrected chi connectivity index (χ3v) is 2.95. The highest BCUT2D eigenvalue weighted by Gasteiger charge is 2.07. The summed E-state index contributed by atoms with van der Waals surface area (Å²) in [5.74, 6) is 1.43. The second-order valence-corrected chi connectivity index (χ2v) is 4.81. The van der Waals surface area contributed by atoms with E-state index in [-0.39, 0.29) is 12.0 Å². The van der Waals surface area contributed by atoms with Crippen LogP contribution in [0.5, 0.6) is 5.75 Å². The van der Waals surface area contributed by atoms with Crippen LogP contribution in [0.4, 0.5) is 11.9 Å². The Morgan fingerprint density at radius 1 is 1.37 bits per heavy atom. The number of hydrogen-bond acceptors (Lipinski definition) is 6. The van der Waals surface area contributed by atoms with E-state index in [0.717, 1.165) is 10.2 Å². The molecule has 0 aliphatic carbocycles. The molecule has 0 aliphatic heterocycles. The molecule has 100 valence electrons. The molecule has 1 heterocycles. The number of aromatic nitrogens is 3. The van der Waals surface area contributed by atoms with Gasteiger partial charge in [0.05, 0.1) is 10.5 Å². The summed E-state index contributed by atoms with van der Waals surface area (Å²) in [7, 11) is 0. The zero-order valence-corrected chi connectivity index (χ0v) is 12.0. The van der Waals surface area contributed by atoms with Crippen molar-refractivity contribution in [1.82, 2.24) is 15.0 Å². The highest BCUT2D eigenvalue weighted by molar-refractivity contribution is 9.10. The van der Waals surface area contributed by atoms with E-state index in [2.05, 4.69) is 36.2 Å². The fourth-order valence-corrected chi connectivity index (χ4v) is 1.82. The van der Waals surface area contributed by atoms with Crippen LogP contribution in [0.1, 0.15) is 6.92 Å². The topological polar surface area (TPSA) is 86.0 Å². The standard InChI is InChI=1S/C12H14BrN5O/c1-8(17-12-16-7-15-11(14)18-12)6-19-10-5-3-2-4-9(10)13/h2-5,7-8H,6H2,1H3,(H3,14,15,16,17,18). The Morgan fingerprint density at radius 3 is 2.89 bits per heavy atom. The molecule has 6 nitrogen and oxygen atoms in total. The van der Waals surface area contributed by atoms with Gasteiger partial charge in [-0.15, -0.1) is 0 Å². The predicted octanol–water partition coefficient (Wildman–Crippen LogP) is 2.10. The van der Waals surface area contributed by atoms with Gasteiger partial charge >= 0.3 is 0 Å². The van der Waals surface area contributed by atoms with Crippen molar-refractivity contribution in [2.45, 2.75) is 13.0 Å². The lowest BCUT2D eigenvalue weighted by molar-refractivity contribution is 0.301. The Morgan fingerprint density at radius 2 is 2.16 bits per heavy atom. The second kappa shape index (κ2) is 6.33. The Hall–Kier alpha value is -1.89. The molecule has 3 N–H and O–H groups in total. The molecule has 0 saturated carbocycles. The summed E-state index contributed by atoms with van der Waals surface area (Å²) >= 11 is 3.43. The molecule has 2 rings (SSSR count). The first-order chi connectivity index (χ1) is 9.15. The van der Waals surface area contributed by atoms with Crippen molar-refractivity contribution in [2.75, 3.05) is 17.7 Å². The van der Waals surface area contributed by atoms with Gasteiger partial charge in [-0.25, -0.2) is 9.97 Å². The molecule has 1 aromatic carbocycles. The number of nitrogen functional groups attached to an aromatic ring is 1. The zero-order chi connectivity index (χ0) is 13.7. The highest BCUT2D eigenvalue weighted by Crippen LogP contribution is 2.23. The second-order valence-electron chi connectivity index (χ2n) is 3.95. The molecule has 0 aliphatic rings. The quantitative estimate of drug-likeness (QED) is 0.876. The first kappa shape index (κ1) is 13.5. The summed E-state index contributed by atoms with van der Waals surface area (Å²) in [4.78, 5) is 11.7. The monoisotopic (exact) mass is 323 g/mol. The maximum Gasteiger partial charge on any atom is 0.227 e. The number of nitrogens with two attached hydrogens (primary N) is 1. The van der Waals surface area contributed by atoms with Crippen LogP contribution in [-0.4, -0.2) is 27.6 Å². The molecule has 0 saturated heterocycles. The molecule has 1 atom stereocenters. The number of benzene rings is 1. The maximum atomic E-state index is 5.69. The third kappa shape index (κ3) is 4.06. The molecular weight excluding hydrogens is 310 g/mol. The summed E-state index contributed by atoms with van der Waals surface area (Å²) in [5.41, 5.74) is 5.48. The van der Waals surface area contributed by atoms with E-state index < -0.39 is 0 Å². The summed E-state index contributed by atoms with van der Waals surface area (Å²) in [5, 5.41) is 3.09. The Labute approximate surface area is 119 Å². The molecule has 1 aromatic heterocycles. The average molecular weight is 324 g/mol. The Kier molecular flexibility index (Phi) is 4.51. The number of nitrogens with one attached hydrogen (secondary N) is 1. The third-order valence-electron chi connectivity index (χ3n) is 2.29. The van der Waals surface area contributed by atoms with Crippen LogP contribution in [0.25, 0.3) is 0 Å². The number of rotatable bonds is 5. The first-order valence-electron chi connectivity index (χ1n) is 5.73. The van der Waals surface area contributed by atoms with Gasteiger partial charge in [-0.1, -0.05) is 12.1 Å². The van der Waals surface area contributed by atoms with Crippen LogP contribution in [-0.2, 0) is 0 Å². The number of hydrogen-bond donors (Lipinski definition) is 2. The van der Waals surface area contributed by atoms with Gasteiger partial charge in [0.25, 0.3) is 0 Å². The molecule has 0 radical (unpaired) electrons. The fraction of sp³-hybridized carbons (Fsp3) is 0.250. The molecule has 0 spiro atoms. The van der Waals surface area contributed by atoms with E-state index in [1.165, 1.54) is 6.33 Å². The van der Waals surface area contributed by atoms with Gasteiger partial charge in [0, 0.05) is 0 Å². The molecule has 7 heteroatoms. The first-order valence-corrected chi connectivity index (χ1v) is 6.53. The van der Waals surface area contributed by atoms with Crippen molar-refractivity contribution in [2.24, 2.45) is 0 Å². The zero-order valence-electron chi connectivity index (χ0n) is 10.4. The number of para-hydroxylation sites is 1. The van der Waals surface area contributed by atoms with E-state index in [1.807, 2.05) is 31.2 Å². The lowest BCUT2D eigenvalue weighted by Crippen LogP contribution is -2.25. The smallest absolute Gasteiger partial charge is 0.227 e. The molecule has 0 amide bonds. The highest BCUT2D eigenvalue weighted by atomic mass is 79.9. The SMILES string of the molecule is CC(COc1ccccc1Br)Nc1ncnc(N)n1. The van der Waals surface area contributed by atoms with E-state index in [1.54, 1.807) is 0 Å². The minimum atomic E-state index is 0.0360.